The van der Waals surface area contributed by atoms with Gasteiger partial charge in [0.05, 0.1) is 34.8 Å². The summed E-state index contributed by atoms with van der Waals surface area (Å²) in [6.45, 7) is 3.20. The van der Waals surface area contributed by atoms with Crippen LogP contribution in [-0.2, 0) is 7.05 Å². The van der Waals surface area contributed by atoms with E-state index in [0.717, 1.165) is 62.4 Å². The smallest absolute Gasteiger partial charge is 0.127 e. The highest BCUT2D eigenvalue weighted by molar-refractivity contribution is 6.01. The third kappa shape index (κ3) is 4.31. The molecule has 2 N–H and O–H groups in total. The molecule has 6 rings (SSSR count). The minimum Gasteiger partial charge on any atom is -0.492 e. The Morgan fingerprint density at radius 2 is 1.84 bits per heavy atom. The van der Waals surface area contributed by atoms with Crippen molar-refractivity contribution in [2.24, 2.45) is 7.05 Å². The van der Waals surface area contributed by atoms with Gasteiger partial charge in [0.25, 0.3) is 0 Å². The lowest BCUT2D eigenvalue weighted by atomic mass is 10.0. The highest BCUT2D eigenvalue weighted by atomic mass is 19.1. The summed E-state index contributed by atoms with van der Waals surface area (Å²) in [6.07, 6.45) is 5.41. The number of aryl methyl sites for hydroxylation is 1. The number of rotatable bonds is 7. The summed E-state index contributed by atoms with van der Waals surface area (Å²) in [6, 6.07) is 13.0. The van der Waals surface area contributed by atoms with Crippen molar-refractivity contribution >= 4 is 21.8 Å². The number of aromatic nitrogens is 6. The van der Waals surface area contributed by atoms with Crippen molar-refractivity contribution in [2.75, 3.05) is 27.2 Å². The largest absolute Gasteiger partial charge is 0.492 e. The van der Waals surface area contributed by atoms with E-state index >= 15 is 0 Å². The molecule has 4 heterocycles. The molecule has 9 heteroatoms. The number of H-pyrrole nitrogens is 2. The molecule has 0 atom stereocenters. The molecule has 192 valence electrons. The molecule has 6 aromatic rings. The number of hydrogen-bond acceptors (Lipinski definition) is 5. The monoisotopic (exact) mass is 509 g/mol. The third-order valence-corrected chi connectivity index (χ3v) is 6.87. The van der Waals surface area contributed by atoms with E-state index in [-0.39, 0.29) is 5.82 Å². The van der Waals surface area contributed by atoms with Gasteiger partial charge in [-0.15, -0.1) is 0 Å². The zero-order valence-electron chi connectivity index (χ0n) is 21.7. The number of likely N-dealkylation sites (N-methyl/N-ethyl adjacent to an activating group) is 1. The molecule has 2 aromatic carbocycles. The summed E-state index contributed by atoms with van der Waals surface area (Å²) >= 11 is 0. The number of nitrogens with one attached hydrogen (secondary N) is 2. The first-order valence-electron chi connectivity index (χ1n) is 12.4. The van der Waals surface area contributed by atoms with Gasteiger partial charge in [0.2, 0.25) is 0 Å². The lowest BCUT2D eigenvalue weighted by molar-refractivity contribution is 0.260. The molecular formula is C29H28FN7O. The fraction of sp³-hybridized carbons (Fsp3) is 0.207. The van der Waals surface area contributed by atoms with Crippen LogP contribution in [0, 0.1) is 12.7 Å². The van der Waals surface area contributed by atoms with E-state index in [1.807, 2.05) is 57.4 Å². The summed E-state index contributed by atoms with van der Waals surface area (Å²) in [7, 11) is 5.95. The molecule has 0 fully saturated rings. The van der Waals surface area contributed by atoms with E-state index in [1.54, 1.807) is 12.4 Å². The van der Waals surface area contributed by atoms with E-state index in [4.69, 9.17) is 4.74 Å². The summed E-state index contributed by atoms with van der Waals surface area (Å²) in [5, 5.41) is 9.68. The first kappa shape index (κ1) is 23.9. The molecule has 0 spiro atoms. The van der Waals surface area contributed by atoms with Crippen LogP contribution in [0.25, 0.3) is 55.6 Å². The van der Waals surface area contributed by atoms with Crippen molar-refractivity contribution in [3.05, 3.63) is 72.7 Å². The number of hydrogen-bond donors (Lipinski definition) is 2. The Morgan fingerprint density at radius 3 is 2.63 bits per heavy atom. The molecule has 0 unspecified atom stereocenters. The van der Waals surface area contributed by atoms with Crippen molar-refractivity contribution in [3.63, 3.8) is 0 Å². The van der Waals surface area contributed by atoms with Gasteiger partial charge in [0, 0.05) is 47.8 Å². The molecule has 0 aliphatic heterocycles. The van der Waals surface area contributed by atoms with E-state index in [1.165, 1.54) is 12.1 Å². The number of imidazole rings is 1. The van der Waals surface area contributed by atoms with Crippen LogP contribution in [0.4, 0.5) is 4.39 Å². The minimum absolute atomic E-state index is 0.355. The SMILES string of the molecule is Cc1ncc(-c2ccc3[nH]nc(-c4cc5c(-c6cc(F)cc(OCCN(C)C)c6)cncc5[nH]4)c3c2)n1C. The van der Waals surface area contributed by atoms with Crippen LogP contribution < -0.4 is 4.74 Å². The van der Waals surface area contributed by atoms with E-state index in [2.05, 4.69) is 41.8 Å². The van der Waals surface area contributed by atoms with Crippen LogP contribution in [0.15, 0.2) is 61.1 Å². The van der Waals surface area contributed by atoms with Crippen LogP contribution >= 0.6 is 0 Å². The molecule has 0 amide bonds. The quantitative estimate of drug-likeness (QED) is 0.294. The van der Waals surface area contributed by atoms with E-state index < -0.39 is 0 Å². The number of benzene rings is 2. The van der Waals surface area contributed by atoms with Crippen LogP contribution in [0.3, 0.4) is 0 Å². The average molecular weight is 510 g/mol. The van der Waals surface area contributed by atoms with Gasteiger partial charge in [-0.3, -0.25) is 10.1 Å². The Labute approximate surface area is 219 Å². The van der Waals surface area contributed by atoms with Gasteiger partial charge in [0.1, 0.15) is 29.7 Å². The van der Waals surface area contributed by atoms with Gasteiger partial charge >= 0.3 is 0 Å². The Balaban J connectivity index is 1.41. The van der Waals surface area contributed by atoms with Gasteiger partial charge in [-0.1, -0.05) is 6.07 Å². The molecule has 0 aliphatic carbocycles. The number of nitrogens with zero attached hydrogens (tertiary/aromatic N) is 5. The van der Waals surface area contributed by atoms with Crippen molar-refractivity contribution in [1.29, 1.82) is 0 Å². The zero-order chi connectivity index (χ0) is 26.4. The normalized spacial score (nSPS) is 11.7. The molecule has 0 aliphatic rings. The van der Waals surface area contributed by atoms with Crippen LogP contribution in [0.5, 0.6) is 5.75 Å². The highest BCUT2D eigenvalue weighted by Crippen LogP contribution is 2.36. The molecule has 0 radical (unpaired) electrons. The standard InChI is InChI=1S/C29H28FN7O/c1-17-32-16-28(37(17)4)18-5-6-25-23(11-18)29(35-34-25)26-13-22-24(14-31-15-27(22)33-26)19-9-20(30)12-21(10-19)38-8-7-36(2)3/h5-6,9-16,33H,7-8H2,1-4H3,(H,34,35). The second-order valence-electron chi connectivity index (χ2n) is 9.74. The molecule has 8 nitrogen and oxygen atoms in total. The predicted molar refractivity (Wildman–Crippen MR) is 148 cm³/mol. The third-order valence-electron chi connectivity index (χ3n) is 6.87. The van der Waals surface area contributed by atoms with E-state index in [9.17, 15) is 4.39 Å². The molecule has 0 bridgehead atoms. The maximum atomic E-state index is 14.6. The first-order chi connectivity index (χ1) is 18.4. The van der Waals surface area contributed by atoms with Gasteiger partial charge in [0.15, 0.2) is 0 Å². The number of ether oxygens (including phenoxy) is 1. The number of aromatic amines is 2. The van der Waals surface area contributed by atoms with Crippen molar-refractivity contribution in [3.8, 4) is 39.5 Å². The first-order valence-corrected chi connectivity index (χ1v) is 12.4. The lowest BCUT2D eigenvalue weighted by Crippen LogP contribution is -2.19. The van der Waals surface area contributed by atoms with Gasteiger partial charge in [-0.2, -0.15) is 5.10 Å². The van der Waals surface area contributed by atoms with Crippen LogP contribution in [-0.4, -0.2) is 61.9 Å². The summed E-state index contributed by atoms with van der Waals surface area (Å²) in [5.41, 5.74) is 7.03. The predicted octanol–water partition coefficient (Wildman–Crippen LogP) is 5.56. The Morgan fingerprint density at radius 1 is 0.974 bits per heavy atom. The van der Waals surface area contributed by atoms with Gasteiger partial charge < -0.3 is 19.2 Å². The lowest BCUT2D eigenvalue weighted by Gasteiger charge is -2.12. The summed E-state index contributed by atoms with van der Waals surface area (Å²) in [5.74, 6) is 1.09. The van der Waals surface area contributed by atoms with Crippen molar-refractivity contribution in [2.45, 2.75) is 6.92 Å². The molecule has 38 heavy (non-hydrogen) atoms. The van der Waals surface area contributed by atoms with Gasteiger partial charge in [-0.25, -0.2) is 9.37 Å². The topological polar surface area (TPSA) is 87.7 Å². The second kappa shape index (κ2) is 9.42. The van der Waals surface area contributed by atoms with Crippen LogP contribution in [0.1, 0.15) is 5.82 Å². The van der Waals surface area contributed by atoms with Gasteiger partial charge in [-0.05, 0) is 56.9 Å². The number of fused-ring (bicyclic) bond motifs is 2. The Bertz CT molecular complexity index is 1780. The fourth-order valence-electron chi connectivity index (χ4n) is 4.71. The fourth-order valence-corrected chi connectivity index (χ4v) is 4.71. The van der Waals surface area contributed by atoms with Crippen molar-refractivity contribution < 1.29 is 9.13 Å². The number of halogens is 1. The zero-order valence-corrected chi connectivity index (χ0v) is 21.7. The maximum Gasteiger partial charge on any atom is 0.127 e. The number of pyridine rings is 1. The molecule has 0 saturated heterocycles. The molecule has 0 saturated carbocycles. The Kier molecular flexibility index (Phi) is 5.92. The Hall–Kier alpha value is -4.50. The second-order valence-corrected chi connectivity index (χ2v) is 9.74. The minimum atomic E-state index is -0.355. The van der Waals surface area contributed by atoms with Crippen molar-refractivity contribution in [1.82, 2.24) is 34.6 Å². The maximum absolute atomic E-state index is 14.6. The molecule has 4 aromatic heterocycles. The van der Waals surface area contributed by atoms with Crippen LogP contribution in [0.2, 0.25) is 0 Å². The average Bonchev–Trinajstić information content (AvgIpc) is 3.59. The van der Waals surface area contributed by atoms with E-state index in [0.29, 0.717) is 17.9 Å². The summed E-state index contributed by atoms with van der Waals surface area (Å²) in [4.78, 5) is 14.3. The highest BCUT2D eigenvalue weighted by Gasteiger charge is 2.16. The molecular weight excluding hydrogens is 481 g/mol. The summed E-state index contributed by atoms with van der Waals surface area (Å²) < 4.78 is 22.5.